The normalized spacial score (nSPS) is 48.6. The van der Waals surface area contributed by atoms with Crippen molar-refractivity contribution < 1.29 is 24.9 Å². The fourth-order valence-electron chi connectivity index (χ4n) is 6.10. The lowest BCUT2D eigenvalue weighted by atomic mass is 9.92. The number of hydrogen-bond donors (Lipinski definition) is 3. The number of aliphatic hydroxyl groups excluding tert-OH is 3. The van der Waals surface area contributed by atoms with Crippen LogP contribution in [0.1, 0.15) is 55.4 Å². The van der Waals surface area contributed by atoms with Crippen molar-refractivity contribution >= 4 is 5.97 Å². The summed E-state index contributed by atoms with van der Waals surface area (Å²) in [6.45, 7) is 15.9. The van der Waals surface area contributed by atoms with Crippen LogP contribution in [-0.2, 0) is 9.53 Å². The van der Waals surface area contributed by atoms with E-state index in [0.29, 0.717) is 24.2 Å². The molecule has 8 atom stereocenters. The summed E-state index contributed by atoms with van der Waals surface area (Å²) in [4.78, 5) is 23.8. The molecule has 4 heterocycles. The Bertz CT molecular complexity index is 683. The molecule has 0 spiro atoms. The van der Waals surface area contributed by atoms with Crippen molar-refractivity contribution in [2.45, 2.75) is 116 Å². The quantitative estimate of drug-likeness (QED) is 0.283. The van der Waals surface area contributed by atoms with Crippen molar-refractivity contribution in [1.82, 2.24) is 19.6 Å². The Kier molecular flexibility index (Phi) is 6.43. The molecule has 0 saturated carbocycles. The molecular weight excluding hydrogens is 424 g/mol. The zero-order valence-corrected chi connectivity index (χ0v) is 21.5. The zero-order chi connectivity index (χ0) is 24.6. The van der Waals surface area contributed by atoms with Crippen LogP contribution in [-0.4, -0.2) is 127 Å². The Labute approximate surface area is 198 Å². The van der Waals surface area contributed by atoms with Crippen molar-refractivity contribution in [3.05, 3.63) is 0 Å². The molecule has 0 aromatic carbocycles. The molecule has 0 bridgehead atoms. The molecule has 190 valence electrons. The van der Waals surface area contributed by atoms with Gasteiger partial charge in [-0.3, -0.25) is 19.6 Å². The van der Waals surface area contributed by atoms with Crippen LogP contribution in [0.2, 0.25) is 0 Å². The van der Waals surface area contributed by atoms with Crippen molar-refractivity contribution in [2.75, 3.05) is 26.4 Å². The van der Waals surface area contributed by atoms with E-state index in [9.17, 15) is 20.1 Å². The van der Waals surface area contributed by atoms with E-state index >= 15 is 0 Å². The standard InChI is InChI=1S/C24H44N4O5/c1-13-14(2)25(13)21(26-15(3)16(26)4)24(27-17(5)18(27)6,28-19(7)20(28)8)22(32)33-12-23(9-29,10-30)11-31/h13-21,29-31H,9-12H2,1-8H3. The first-order valence-electron chi connectivity index (χ1n) is 12.6. The van der Waals surface area contributed by atoms with Gasteiger partial charge in [-0.05, 0) is 55.4 Å². The summed E-state index contributed by atoms with van der Waals surface area (Å²) in [5.41, 5.74) is -2.26. The van der Waals surface area contributed by atoms with Gasteiger partial charge in [-0.25, -0.2) is 4.79 Å². The molecule has 0 amide bonds. The van der Waals surface area contributed by atoms with Gasteiger partial charge in [0.15, 0.2) is 0 Å². The molecule has 0 aliphatic carbocycles. The molecule has 9 nitrogen and oxygen atoms in total. The van der Waals surface area contributed by atoms with Crippen LogP contribution in [0.25, 0.3) is 0 Å². The predicted molar refractivity (Wildman–Crippen MR) is 124 cm³/mol. The first-order valence-corrected chi connectivity index (χ1v) is 12.6. The van der Waals surface area contributed by atoms with Gasteiger partial charge in [0, 0.05) is 48.3 Å². The molecule has 4 fully saturated rings. The summed E-state index contributed by atoms with van der Waals surface area (Å²) < 4.78 is 5.96. The van der Waals surface area contributed by atoms with Crippen molar-refractivity contribution in [1.29, 1.82) is 0 Å². The summed E-state index contributed by atoms with van der Waals surface area (Å²) in [6, 6.07) is 2.39. The molecule has 33 heavy (non-hydrogen) atoms. The highest BCUT2D eigenvalue weighted by Crippen LogP contribution is 2.56. The minimum Gasteiger partial charge on any atom is -0.462 e. The molecule has 0 radical (unpaired) electrons. The highest BCUT2D eigenvalue weighted by Gasteiger charge is 2.77. The van der Waals surface area contributed by atoms with E-state index in [2.05, 4.69) is 75.0 Å². The number of ether oxygens (including phenoxy) is 1. The molecule has 4 aliphatic heterocycles. The second kappa shape index (κ2) is 8.40. The Morgan fingerprint density at radius 3 is 1.27 bits per heavy atom. The monoisotopic (exact) mass is 468 g/mol. The molecule has 0 aromatic heterocycles. The van der Waals surface area contributed by atoms with E-state index in [1.165, 1.54) is 0 Å². The minimum atomic E-state index is -1.26. The maximum Gasteiger partial charge on any atom is 0.345 e. The van der Waals surface area contributed by atoms with Gasteiger partial charge in [-0.15, -0.1) is 0 Å². The second-order valence-electron chi connectivity index (χ2n) is 11.3. The minimum absolute atomic E-state index is 0.161. The van der Waals surface area contributed by atoms with Crippen molar-refractivity contribution in [2.24, 2.45) is 5.41 Å². The largest absolute Gasteiger partial charge is 0.462 e. The Balaban J connectivity index is 1.77. The van der Waals surface area contributed by atoms with Crippen LogP contribution in [0.5, 0.6) is 0 Å². The third-order valence-corrected chi connectivity index (χ3v) is 9.60. The van der Waals surface area contributed by atoms with E-state index in [-0.39, 0.29) is 42.9 Å². The molecule has 4 aliphatic rings. The SMILES string of the molecule is CC1C(C)N1C(N1C(C)C1C)C(C(=O)OCC(CO)(CO)CO)(N1C(C)C1C)N1C(C)C1C. The number of aliphatic hydroxyl groups is 3. The van der Waals surface area contributed by atoms with Gasteiger partial charge in [-0.2, -0.15) is 0 Å². The Morgan fingerprint density at radius 1 is 0.697 bits per heavy atom. The van der Waals surface area contributed by atoms with Gasteiger partial charge in [0.05, 0.1) is 25.2 Å². The van der Waals surface area contributed by atoms with Gasteiger partial charge in [0.2, 0.25) is 5.66 Å². The smallest absolute Gasteiger partial charge is 0.345 e. The molecular formula is C24H44N4O5. The number of rotatable bonds is 11. The van der Waals surface area contributed by atoms with Crippen molar-refractivity contribution in [3.8, 4) is 0 Å². The Hall–Kier alpha value is -0.810. The van der Waals surface area contributed by atoms with Crippen LogP contribution in [0.3, 0.4) is 0 Å². The number of hydrogen-bond acceptors (Lipinski definition) is 9. The van der Waals surface area contributed by atoms with Gasteiger partial charge >= 0.3 is 5.97 Å². The zero-order valence-electron chi connectivity index (χ0n) is 21.5. The Morgan fingerprint density at radius 2 is 1.03 bits per heavy atom. The van der Waals surface area contributed by atoms with Crippen molar-refractivity contribution in [3.63, 3.8) is 0 Å². The first kappa shape index (κ1) is 25.3. The summed E-state index contributed by atoms with van der Waals surface area (Å²) in [6.07, 6.45) is -0.161. The van der Waals surface area contributed by atoms with Gasteiger partial charge in [0.1, 0.15) is 12.8 Å². The van der Waals surface area contributed by atoms with Gasteiger partial charge in [0.25, 0.3) is 0 Å². The number of nitrogens with zero attached hydrogens (tertiary/aromatic N) is 4. The number of carbonyl (C=O) groups excluding carboxylic acids is 1. The summed E-state index contributed by atoms with van der Waals surface area (Å²) >= 11 is 0. The predicted octanol–water partition coefficient (Wildman–Crippen LogP) is -0.114. The van der Waals surface area contributed by atoms with E-state index in [0.717, 1.165) is 0 Å². The number of carbonyl (C=O) groups is 1. The topological polar surface area (TPSA) is 99.0 Å². The van der Waals surface area contributed by atoms with Crippen LogP contribution in [0.15, 0.2) is 0 Å². The summed E-state index contributed by atoms with van der Waals surface area (Å²) in [7, 11) is 0. The second-order valence-corrected chi connectivity index (χ2v) is 11.3. The van der Waals surface area contributed by atoms with Crippen LogP contribution in [0.4, 0.5) is 0 Å². The lowest BCUT2D eigenvalue weighted by Crippen LogP contribution is -2.69. The fourth-order valence-corrected chi connectivity index (χ4v) is 6.10. The van der Waals surface area contributed by atoms with Gasteiger partial charge in [-0.1, -0.05) is 0 Å². The van der Waals surface area contributed by atoms with E-state index in [1.807, 2.05) is 0 Å². The maximum absolute atomic E-state index is 14.3. The number of esters is 1. The first-order chi connectivity index (χ1) is 15.5. The van der Waals surface area contributed by atoms with E-state index in [4.69, 9.17) is 4.74 Å². The molecule has 0 aromatic rings. The van der Waals surface area contributed by atoms with Crippen LogP contribution in [0, 0.1) is 5.41 Å². The third-order valence-electron chi connectivity index (χ3n) is 9.60. The average Bonchev–Trinajstić information content (AvgIpc) is 3.77. The summed E-state index contributed by atoms with van der Waals surface area (Å²) in [5, 5.41) is 29.4. The van der Waals surface area contributed by atoms with E-state index < -0.39 is 30.9 Å². The lowest BCUT2D eigenvalue weighted by molar-refractivity contribution is -0.181. The highest BCUT2D eigenvalue weighted by molar-refractivity contribution is 5.83. The molecule has 8 unspecified atom stereocenters. The third kappa shape index (κ3) is 3.58. The molecule has 4 saturated heterocycles. The molecule has 3 N–H and O–H groups in total. The maximum atomic E-state index is 14.3. The van der Waals surface area contributed by atoms with Crippen LogP contribution < -0.4 is 0 Å². The fraction of sp³-hybridized carbons (Fsp3) is 0.958. The highest BCUT2D eigenvalue weighted by atomic mass is 16.5. The molecule has 4 rings (SSSR count). The van der Waals surface area contributed by atoms with Crippen LogP contribution >= 0.6 is 0 Å². The van der Waals surface area contributed by atoms with E-state index in [1.54, 1.807) is 0 Å². The molecule has 9 heteroatoms. The summed E-state index contributed by atoms with van der Waals surface area (Å²) in [5.74, 6) is -0.350. The average molecular weight is 469 g/mol. The lowest BCUT2D eigenvalue weighted by Gasteiger charge is -2.45. The van der Waals surface area contributed by atoms with Gasteiger partial charge < -0.3 is 20.1 Å².